The topological polar surface area (TPSA) is 105 Å². The third-order valence-electron chi connectivity index (χ3n) is 7.00. The molecule has 0 N–H and O–H groups in total. The fraction of sp³-hybridized carbons (Fsp3) is 0.706. The fourth-order valence-electron chi connectivity index (χ4n) is 4.34. The smallest absolute Gasteiger partial charge is 0.306 e. The Balaban J connectivity index is 2.54. The Bertz CT molecular complexity index is 866. The molecule has 0 radical (unpaired) electrons. The Hall–Kier alpha value is -2.90. The van der Waals surface area contributed by atoms with Gasteiger partial charge in [0.2, 0.25) is 0 Å². The van der Waals surface area contributed by atoms with Gasteiger partial charge >= 0.3 is 23.9 Å². The van der Waals surface area contributed by atoms with Crippen molar-refractivity contribution >= 4 is 23.9 Å². The van der Waals surface area contributed by atoms with Crippen molar-refractivity contribution in [2.24, 2.45) is 5.41 Å². The zero-order chi connectivity index (χ0) is 31.1. The van der Waals surface area contributed by atoms with Gasteiger partial charge in [-0.1, -0.05) is 109 Å². The van der Waals surface area contributed by atoms with Crippen LogP contribution in [0.3, 0.4) is 0 Å². The maximum Gasteiger partial charge on any atom is 0.306 e. The van der Waals surface area contributed by atoms with Crippen LogP contribution in [-0.4, -0.2) is 43.2 Å². The lowest BCUT2D eigenvalue weighted by atomic mass is 9.84. The van der Waals surface area contributed by atoms with Crippen molar-refractivity contribution in [3.63, 3.8) is 0 Å². The highest BCUT2D eigenvalue weighted by atomic mass is 16.6. The van der Waals surface area contributed by atoms with Crippen LogP contribution in [0.5, 0.6) is 0 Å². The van der Waals surface area contributed by atoms with Crippen LogP contribution in [0.2, 0.25) is 0 Å². The molecular weight excluding hydrogens is 536 g/mol. The summed E-state index contributed by atoms with van der Waals surface area (Å²) in [6.45, 7) is 7.90. The van der Waals surface area contributed by atoms with Gasteiger partial charge in [-0.15, -0.1) is 0 Å². The number of benzene rings is 1. The van der Waals surface area contributed by atoms with E-state index in [1.54, 1.807) is 0 Å². The molecule has 1 rings (SSSR count). The van der Waals surface area contributed by atoms with Gasteiger partial charge in [-0.3, -0.25) is 19.2 Å². The molecule has 238 valence electrons. The van der Waals surface area contributed by atoms with Crippen molar-refractivity contribution in [3.05, 3.63) is 35.9 Å². The van der Waals surface area contributed by atoms with Gasteiger partial charge < -0.3 is 18.9 Å². The van der Waals surface area contributed by atoms with Gasteiger partial charge in [0.25, 0.3) is 0 Å². The molecule has 0 unspecified atom stereocenters. The van der Waals surface area contributed by atoms with E-state index in [0.717, 1.165) is 69.8 Å². The quantitative estimate of drug-likeness (QED) is 0.0687. The number of carbonyl (C=O) groups is 4. The summed E-state index contributed by atoms with van der Waals surface area (Å²) in [6, 6.07) is 9.45. The summed E-state index contributed by atoms with van der Waals surface area (Å²) in [7, 11) is 0. The maximum absolute atomic E-state index is 12.8. The number of rotatable bonds is 24. The van der Waals surface area contributed by atoms with Gasteiger partial charge in [-0.2, -0.15) is 0 Å². The van der Waals surface area contributed by atoms with E-state index >= 15 is 0 Å². The summed E-state index contributed by atoms with van der Waals surface area (Å²) in [6.07, 6.45) is 10.5. The third kappa shape index (κ3) is 20.1. The number of carbonyl (C=O) groups excluding carboxylic acids is 4. The van der Waals surface area contributed by atoms with Crippen molar-refractivity contribution < 1.29 is 38.1 Å². The molecule has 0 aliphatic carbocycles. The van der Waals surface area contributed by atoms with Crippen LogP contribution in [-0.2, 0) is 44.7 Å². The first-order chi connectivity index (χ1) is 20.1. The molecule has 1 aromatic rings. The second-order valence-electron chi connectivity index (χ2n) is 11.8. The van der Waals surface area contributed by atoms with Gasteiger partial charge in [0.1, 0.15) is 19.8 Å². The highest BCUT2D eigenvalue weighted by Gasteiger charge is 2.27. The summed E-state index contributed by atoms with van der Waals surface area (Å²) in [5.41, 5.74) is 0.381. The van der Waals surface area contributed by atoms with Crippen molar-refractivity contribution in [1.82, 2.24) is 0 Å². The van der Waals surface area contributed by atoms with E-state index < -0.39 is 17.5 Å². The summed E-state index contributed by atoms with van der Waals surface area (Å²) in [5.74, 6) is -1.55. The predicted octanol–water partition coefficient (Wildman–Crippen LogP) is 7.65. The minimum atomic E-state index is -0.891. The lowest BCUT2D eigenvalue weighted by Gasteiger charge is -2.25. The van der Waals surface area contributed by atoms with Crippen LogP contribution in [0.4, 0.5) is 0 Å². The molecule has 8 nitrogen and oxygen atoms in total. The number of hydrogen-bond acceptors (Lipinski definition) is 8. The molecule has 1 aromatic carbocycles. The van der Waals surface area contributed by atoms with E-state index in [4.69, 9.17) is 18.9 Å². The standard InChI is InChI=1S/C34H54O8/c1-5-7-9-11-16-20-30(35)40-26-29(27-41-31(36)21-17-12-10-8-6-2)42-33(38)24-34(3,4)23-22-32(37)39-25-28-18-14-13-15-19-28/h13-15,18-19,29H,5-12,16-17,20-27H2,1-4H3. The SMILES string of the molecule is CCCCCCCC(=O)OCC(COC(=O)CCCCCCC)OC(=O)CC(C)(C)CCC(=O)OCc1ccccc1. The van der Waals surface area contributed by atoms with Crippen LogP contribution in [0.15, 0.2) is 30.3 Å². The van der Waals surface area contributed by atoms with Gasteiger partial charge in [-0.05, 0) is 30.2 Å². The average molecular weight is 591 g/mol. The minimum Gasteiger partial charge on any atom is -0.462 e. The van der Waals surface area contributed by atoms with Gasteiger partial charge in [0, 0.05) is 19.3 Å². The van der Waals surface area contributed by atoms with Gasteiger partial charge in [0.05, 0.1) is 6.42 Å². The molecular formula is C34H54O8. The van der Waals surface area contributed by atoms with Crippen LogP contribution in [0, 0.1) is 5.41 Å². The van der Waals surface area contributed by atoms with Crippen molar-refractivity contribution in [2.75, 3.05) is 13.2 Å². The number of unbranched alkanes of at least 4 members (excludes halogenated alkanes) is 8. The molecule has 0 aliphatic heterocycles. The molecule has 0 bridgehead atoms. The molecule has 0 aromatic heterocycles. The molecule has 8 heteroatoms. The van der Waals surface area contributed by atoms with Crippen molar-refractivity contribution in [1.29, 1.82) is 0 Å². The molecule has 0 atom stereocenters. The van der Waals surface area contributed by atoms with E-state index in [1.165, 1.54) is 0 Å². The zero-order valence-corrected chi connectivity index (χ0v) is 26.5. The van der Waals surface area contributed by atoms with Crippen LogP contribution < -0.4 is 0 Å². The first-order valence-electron chi connectivity index (χ1n) is 15.9. The molecule has 0 spiro atoms. The Labute approximate surface area is 253 Å². The Kier molecular flexibility index (Phi) is 20.0. The zero-order valence-electron chi connectivity index (χ0n) is 26.5. The van der Waals surface area contributed by atoms with Gasteiger partial charge in [0.15, 0.2) is 6.10 Å². The summed E-state index contributed by atoms with van der Waals surface area (Å²) in [4.78, 5) is 49.6. The van der Waals surface area contributed by atoms with Gasteiger partial charge in [-0.25, -0.2) is 0 Å². The Morgan fingerprint density at radius 1 is 0.643 bits per heavy atom. The van der Waals surface area contributed by atoms with Crippen molar-refractivity contribution in [2.45, 2.75) is 137 Å². The average Bonchev–Trinajstić information content (AvgIpc) is 2.96. The highest BCUT2D eigenvalue weighted by Crippen LogP contribution is 2.28. The molecule has 0 fully saturated rings. The van der Waals surface area contributed by atoms with Crippen molar-refractivity contribution in [3.8, 4) is 0 Å². The van der Waals surface area contributed by atoms with Crippen LogP contribution in [0.1, 0.15) is 130 Å². The molecule has 0 amide bonds. The highest BCUT2D eigenvalue weighted by molar-refractivity contribution is 5.72. The van der Waals surface area contributed by atoms with E-state index in [0.29, 0.717) is 19.3 Å². The molecule has 0 saturated carbocycles. The van der Waals surface area contributed by atoms with E-state index in [1.807, 2.05) is 44.2 Å². The van der Waals surface area contributed by atoms with E-state index in [-0.39, 0.29) is 50.6 Å². The molecule has 0 aliphatic rings. The Morgan fingerprint density at radius 3 is 1.67 bits per heavy atom. The fourth-order valence-corrected chi connectivity index (χ4v) is 4.34. The lowest BCUT2D eigenvalue weighted by molar-refractivity contribution is -0.168. The summed E-state index contributed by atoms with van der Waals surface area (Å²) < 4.78 is 21.7. The van der Waals surface area contributed by atoms with E-state index in [2.05, 4.69) is 13.8 Å². The van der Waals surface area contributed by atoms with Crippen LogP contribution >= 0.6 is 0 Å². The Morgan fingerprint density at radius 2 is 1.14 bits per heavy atom. The summed E-state index contributed by atoms with van der Waals surface area (Å²) in [5, 5.41) is 0. The lowest BCUT2D eigenvalue weighted by Crippen LogP contribution is -2.32. The third-order valence-corrected chi connectivity index (χ3v) is 7.00. The van der Waals surface area contributed by atoms with Crippen LogP contribution in [0.25, 0.3) is 0 Å². The second kappa shape index (κ2) is 22.7. The number of ether oxygens (including phenoxy) is 4. The van der Waals surface area contributed by atoms with E-state index in [9.17, 15) is 19.2 Å². The second-order valence-corrected chi connectivity index (χ2v) is 11.8. The largest absolute Gasteiger partial charge is 0.462 e. The monoisotopic (exact) mass is 590 g/mol. The maximum atomic E-state index is 12.8. The first-order valence-corrected chi connectivity index (χ1v) is 15.9. The molecule has 42 heavy (non-hydrogen) atoms. The number of hydrogen-bond donors (Lipinski definition) is 0. The normalized spacial score (nSPS) is 11.3. The first kappa shape index (κ1) is 37.1. The number of esters is 4. The molecule has 0 saturated heterocycles. The molecule has 0 heterocycles. The summed E-state index contributed by atoms with van der Waals surface area (Å²) >= 11 is 0. The predicted molar refractivity (Wildman–Crippen MR) is 162 cm³/mol. The minimum absolute atomic E-state index is 0.0478.